The number of hydrogen-bond acceptors (Lipinski definition) is 11. The van der Waals surface area contributed by atoms with Gasteiger partial charge in [-0.1, -0.05) is 59.9 Å². The van der Waals surface area contributed by atoms with Crippen LogP contribution in [0.5, 0.6) is 17.2 Å². The van der Waals surface area contributed by atoms with Crippen molar-refractivity contribution in [1.29, 1.82) is 5.26 Å². The number of ether oxygens (including phenoxy) is 3. The zero-order valence-electron chi connectivity index (χ0n) is 30.8. The molecule has 0 spiro atoms. The van der Waals surface area contributed by atoms with E-state index in [2.05, 4.69) is 11.1 Å². The summed E-state index contributed by atoms with van der Waals surface area (Å²) in [6, 6.07) is 24.9. The number of benzene rings is 4. The number of amides is 1. The van der Waals surface area contributed by atoms with Gasteiger partial charge in [0.15, 0.2) is 26.9 Å². The molecule has 13 nitrogen and oxygen atoms in total. The number of thiazole rings is 1. The summed E-state index contributed by atoms with van der Waals surface area (Å²) in [6.07, 6.45) is -0.499. The summed E-state index contributed by atoms with van der Waals surface area (Å²) in [5.74, 6) is -0.291. The zero-order chi connectivity index (χ0) is 39.7. The number of nitrogens with zero attached hydrogens (tertiary/aromatic N) is 4. The molecule has 1 amide bonds. The summed E-state index contributed by atoms with van der Waals surface area (Å²) >= 11 is 0.808. The molecule has 4 aromatic carbocycles. The van der Waals surface area contributed by atoms with E-state index in [0.717, 1.165) is 43.0 Å². The average molecular weight is 794 g/mol. The van der Waals surface area contributed by atoms with Gasteiger partial charge in [-0.2, -0.15) is 9.57 Å². The van der Waals surface area contributed by atoms with Crippen molar-refractivity contribution in [2.45, 2.75) is 55.6 Å². The molecular weight excluding hydrogens is 755 g/mol. The topological polar surface area (TPSA) is 185 Å². The second kappa shape index (κ2) is 15.7. The molecular formula is C41H39N5O8S2. The van der Waals surface area contributed by atoms with Gasteiger partial charge in [0.25, 0.3) is 10.0 Å². The molecule has 288 valence electrons. The van der Waals surface area contributed by atoms with Crippen LogP contribution in [0, 0.1) is 18.3 Å². The number of sulfonamides is 1. The molecule has 3 atom stereocenters. The summed E-state index contributed by atoms with van der Waals surface area (Å²) in [6.45, 7) is 4.03. The number of nitrogen functional groups attached to an aromatic ring is 1. The van der Waals surface area contributed by atoms with E-state index in [0.29, 0.717) is 40.4 Å². The van der Waals surface area contributed by atoms with Crippen LogP contribution < -0.4 is 19.9 Å². The van der Waals surface area contributed by atoms with E-state index >= 15 is 0 Å². The summed E-state index contributed by atoms with van der Waals surface area (Å²) in [5, 5.41) is 19.6. The lowest BCUT2D eigenvalue weighted by Gasteiger charge is -2.38. The molecule has 0 radical (unpaired) electrons. The van der Waals surface area contributed by atoms with Crippen molar-refractivity contribution in [3.63, 3.8) is 0 Å². The third-order valence-corrected chi connectivity index (χ3v) is 13.4. The number of aryl methyl sites for hydroxylation is 1. The van der Waals surface area contributed by atoms with Crippen molar-refractivity contribution in [1.82, 2.24) is 14.2 Å². The molecule has 0 saturated heterocycles. The number of aliphatic carboxylic acids is 1. The molecule has 7 rings (SSSR count). The van der Waals surface area contributed by atoms with Crippen LogP contribution in [-0.4, -0.2) is 71.9 Å². The highest BCUT2D eigenvalue weighted by atomic mass is 32.2. The van der Waals surface area contributed by atoms with Gasteiger partial charge in [0, 0.05) is 20.0 Å². The minimum absolute atomic E-state index is 0.0278. The number of likely N-dealkylation sites (N-methyl/N-ethyl adjacent to an activating group) is 1. The average Bonchev–Trinajstić information content (AvgIpc) is 3.56. The first-order valence-corrected chi connectivity index (χ1v) is 20.1. The van der Waals surface area contributed by atoms with E-state index < -0.39 is 40.1 Å². The smallest absolute Gasteiger partial charge is 0.326 e. The number of rotatable bonds is 11. The van der Waals surface area contributed by atoms with Crippen LogP contribution >= 0.6 is 11.3 Å². The molecule has 2 aliphatic rings. The Hall–Kier alpha value is -5.95. The third kappa shape index (κ3) is 7.63. The Balaban J connectivity index is 1.17. The maximum absolute atomic E-state index is 14.5. The number of carbonyl (C=O) groups is 2. The van der Waals surface area contributed by atoms with Crippen LogP contribution in [0.1, 0.15) is 46.5 Å². The van der Waals surface area contributed by atoms with Crippen LogP contribution in [0.15, 0.2) is 89.1 Å². The molecule has 0 bridgehead atoms. The molecule has 0 saturated carbocycles. The van der Waals surface area contributed by atoms with Gasteiger partial charge >= 0.3 is 5.97 Å². The lowest BCUT2D eigenvalue weighted by atomic mass is 9.93. The Labute approximate surface area is 328 Å². The normalized spacial score (nSPS) is 17.0. The maximum atomic E-state index is 14.5. The second-order valence-corrected chi connectivity index (χ2v) is 16.7. The van der Waals surface area contributed by atoms with Gasteiger partial charge < -0.3 is 30.0 Å². The van der Waals surface area contributed by atoms with Crippen LogP contribution in [0.25, 0.3) is 11.1 Å². The Bertz CT molecular complexity index is 2430. The molecule has 3 N–H and O–H groups in total. The third-order valence-electron chi connectivity index (χ3n) is 10.0. The van der Waals surface area contributed by atoms with Crippen molar-refractivity contribution in [3.05, 3.63) is 118 Å². The summed E-state index contributed by atoms with van der Waals surface area (Å²) in [5.41, 5.74) is 11.3. The lowest BCUT2D eigenvalue weighted by Crippen LogP contribution is -2.56. The van der Waals surface area contributed by atoms with E-state index in [9.17, 15) is 23.1 Å². The highest BCUT2D eigenvalue weighted by molar-refractivity contribution is 7.91. The zero-order valence-corrected chi connectivity index (χ0v) is 32.5. The molecule has 56 heavy (non-hydrogen) atoms. The number of carboxylic acids is 1. The molecule has 3 heterocycles. The number of aromatic nitrogens is 1. The quantitative estimate of drug-likeness (QED) is 0.166. The molecule has 1 aromatic heterocycles. The van der Waals surface area contributed by atoms with Gasteiger partial charge in [-0.15, -0.1) is 0 Å². The minimum atomic E-state index is -4.35. The first-order chi connectivity index (χ1) is 26.9. The fraction of sp³-hybridized carbons (Fsp3) is 0.268. The molecule has 1 unspecified atom stereocenters. The standard InChI is InChI=1S/C41H39N5O8S2/c1-4-52-32-15-13-29(14-16-32)37-23-53-35-19-30-18-33(46(22-31(30)20-36(35)54-37)56(50,51)40-24(2)44-41(43)55-40)38(47)45(3)34(39(48)49)17-25-5-9-27(10-6-25)28-11-7-26(21-42)8-12-28/h5-16,19-20,33-34,37H,4,17-18,22-23H2,1-3H3,(H2,43,44)(H,48,49)/t33-,34-,37?/m0/s1. The summed E-state index contributed by atoms with van der Waals surface area (Å²) < 4.78 is 47.9. The van der Waals surface area contributed by atoms with Crippen LogP contribution in [-0.2, 0) is 39.0 Å². The SMILES string of the molecule is CCOc1ccc(C2COc3cc4c(cc3O2)CN(S(=O)(=O)c2sc(N)nc2C)[C@H](C(=O)N(C)[C@@H](Cc2ccc(-c3ccc(C#N)cc3)cc2)C(=O)O)C4)cc1. The Kier molecular flexibility index (Phi) is 10.7. The molecule has 2 aliphatic heterocycles. The van der Waals surface area contributed by atoms with Crippen molar-refractivity contribution in [2.24, 2.45) is 0 Å². The monoisotopic (exact) mass is 793 g/mol. The van der Waals surface area contributed by atoms with E-state index in [-0.39, 0.29) is 41.0 Å². The number of nitrogens with two attached hydrogens (primary N) is 1. The number of anilines is 1. The summed E-state index contributed by atoms with van der Waals surface area (Å²) in [4.78, 5) is 32.5. The molecule has 0 fully saturated rings. The van der Waals surface area contributed by atoms with Crippen LogP contribution in [0.3, 0.4) is 0 Å². The molecule has 0 aliphatic carbocycles. The molecule has 5 aromatic rings. The Morgan fingerprint density at radius 2 is 1.71 bits per heavy atom. The predicted octanol–water partition coefficient (Wildman–Crippen LogP) is 5.75. The van der Waals surface area contributed by atoms with Crippen molar-refractivity contribution >= 4 is 38.4 Å². The van der Waals surface area contributed by atoms with Crippen LogP contribution in [0.2, 0.25) is 0 Å². The fourth-order valence-corrected chi connectivity index (χ4v) is 9.99. The Morgan fingerprint density at radius 3 is 2.32 bits per heavy atom. The Morgan fingerprint density at radius 1 is 1.05 bits per heavy atom. The molecule has 15 heteroatoms. The highest BCUT2D eigenvalue weighted by Gasteiger charge is 2.44. The van der Waals surface area contributed by atoms with Gasteiger partial charge in [-0.25, -0.2) is 18.2 Å². The van der Waals surface area contributed by atoms with Gasteiger partial charge in [-0.05, 0) is 90.0 Å². The van der Waals surface area contributed by atoms with E-state index in [4.69, 9.17) is 25.2 Å². The van der Waals surface area contributed by atoms with Crippen molar-refractivity contribution in [2.75, 3.05) is 26.0 Å². The number of fused-ring (bicyclic) bond motifs is 2. The summed E-state index contributed by atoms with van der Waals surface area (Å²) in [7, 11) is -2.97. The van der Waals surface area contributed by atoms with E-state index in [1.165, 1.54) is 14.0 Å². The first-order valence-electron chi connectivity index (χ1n) is 17.9. The lowest BCUT2D eigenvalue weighted by molar-refractivity contribution is -0.150. The first kappa shape index (κ1) is 38.3. The minimum Gasteiger partial charge on any atom is -0.494 e. The highest BCUT2D eigenvalue weighted by Crippen LogP contribution is 2.42. The van der Waals surface area contributed by atoms with Crippen molar-refractivity contribution in [3.8, 4) is 34.4 Å². The second-order valence-electron chi connectivity index (χ2n) is 13.6. The number of carboxylic acid groups (broad SMARTS) is 1. The van der Waals surface area contributed by atoms with Gasteiger partial charge in [-0.3, -0.25) is 4.79 Å². The number of hydrogen-bond donors (Lipinski definition) is 2. The fourth-order valence-electron chi connectivity index (χ4n) is 7.02. The van der Waals surface area contributed by atoms with Gasteiger partial charge in [0.05, 0.1) is 23.9 Å². The largest absolute Gasteiger partial charge is 0.494 e. The van der Waals surface area contributed by atoms with E-state index in [1.54, 1.807) is 36.4 Å². The maximum Gasteiger partial charge on any atom is 0.326 e. The van der Waals surface area contributed by atoms with E-state index in [1.807, 2.05) is 55.5 Å². The number of carbonyl (C=O) groups excluding carboxylic acids is 1. The van der Waals surface area contributed by atoms with Gasteiger partial charge in [0.1, 0.15) is 24.4 Å². The number of nitriles is 1. The van der Waals surface area contributed by atoms with Gasteiger partial charge in [0.2, 0.25) is 5.91 Å². The van der Waals surface area contributed by atoms with Crippen molar-refractivity contribution < 1.29 is 37.3 Å². The predicted molar refractivity (Wildman–Crippen MR) is 209 cm³/mol. The van der Waals surface area contributed by atoms with Crippen LogP contribution in [0.4, 0.5) is 5.13 Å².